The first-order valence-electron chi connectivity index (χ1n) is 9.80. The number of hydrogen-bond donors (Lipinski definition) is 3. The van der Waals surface area contributed by atoms with E-state index in [0.717, 1.165) is 11.9 Å². The van der Waals surface area contributed by atoms with Crippen molar-refractivity contribution < 1.29 is 22.0 Å². The van der Waals surface area contributed by atoms with E-state index >= 15 is 0 Å². The molecule has 4 rings (SSSR count). The molecule has 3 aromatic rings. The van der Waals surface area contributed by atoms with E-state index in [1.807, 2.05) is 0 Å². The number of carbonyl (C=O) groups excluding carboxylic acids is 1. The largest absolute Gasteiger partial charge is 0.364 e. The topological polar surface area (TPSA) is 107 Å². The monoisotopic (exact) mass is 495 g/mol. The lowest BCUT2D eigenvalue weighted by Gasteiger charge is -2.40. The van der Waals surface area contributed by atoms with Gasteiger partial charge in [-0.3, -0.25) is 14.5 Å². The van der Waals surface area contributed by atoms with E-state index in [-0.39, 0.29) is 23.8 Å². The van der Waals surface area contributed by atoms with Gasteiger partial charge in [0.15, 0.2) is 0 Å². The number of anilines is 3. The van der Waals surface area contributed by atoms with E-state index in [4.69, 9.17) is 11.6 Å². The molecule has 0 radical (unpaired) electrons. The van der Waals surface area contributed by atoms with Crippen molar-refractivity contribution in [2.75, 3.05) is 34.3 Å². The van der Waals surface area contributed by atoms with Crippen molar-refractivity contribution >= 4 is 44.6 Å². The number of nitrogens with one attached hydrogen (secondary N) is 3. The van der Waals surface area contributed by atoms with Gasteiger partial charge in [0.2, 0.25) is 10.0 Å². The Kier molecular flexibility index (Phi) is 6.02. The van der Waals surface area contributed by atoms with Crippen LogP contribution in [0.4, 0.5) is 25.8 Å². The lowest BCUT2D eigenvalue weighted by Crippen LogP contribution is -2.56. The van der Waals surface area contributed by atoms with Crippen molar-refractivity contribution in [2.24, 2.45) is 0 Å². The van der Waals surface area contributed by atoms with Gasteiger partial charge >= 0.3 is 0 Å². The molecule has 0 bridgehead atoms. The number of alkyl halides is 2. The van der Waals surface area contributed by atoms with Crippen LogP contribution >= 0.6 is 11.6 Å². The summed E-state index contributed by atoms with van der Waals surface area (Å²) in [5.41, 5.74) is 3.01. The molecule has 174 valence electrons. The van der Waals surface area contributed by atoms with E-state index in [1.54, 1.807) is 35.5 Å². The van der Waals surface area contributed by atoms with Crippen LogP contribution in [0, 0.1) is 0 Å². The van der Waals surface area contributed by atoms with Crippen molar-refractivity contribution in [3.63, 3.8) is 0 Å². The molecule has 0 spiro atoms. The quantitative estimate of drug-likeness (QED) is 0.463. The second-order valence-corrected chi connectivity index (χ2v) is 10.1. The van der Waals surface area contributed by atoms with Crippen LogP contribution in [0.5, 0.6) is 0 Å². The summed E-state index contributed by atoms with van der Waals surface area (Å²) in [5, 5.41) is 2.94. The zero-order valence-electron chi connectivity index (χ0n) is 17.4. The Bertz CT molecular complexity index is 1290. The third-order valence-corrected chi connectivity index (χ3v) is 5.68. The molecule has 1 aliphatic heterocycles. The molecule has 0 saturated carbocycles. The standard InChI is InChI=1S/C21H20ClF2N5O3S/c1-33(31,32)28-18-6-14(22)5-17(8-18)27-20(30)13-4-16(25-9-13)7-15-2-3-19(10-26-15)29-11-21(23,24)12-29/h2-6,8-10,25,28H,7,11-12H2,1H3,(H,27,30). The number of halogens is 3. The van der Waals surface area contributed by atoms with Crippen LogP contribution in [0.2, 0.25) is 5.02 Å². The van der Waals surface area contributed by atoms with Crippen LogP contribution in [-0.4, -0.2) is 49.6 Å². The Labute approximate surface area is 194 Å². The SMILES string of the molecule is CS(=O)(=O)Nc1cc(Cl)cc(NC(=O)c2c[nH]c(Cc3ccc(N4CC(F)(F)C4)cn3)c2)c1. The van der Waals surface area contributed by atoms with E-state index in [9.17, 15) is 22.0 Å². The Morgan fingerprint density at radius 3 is 2.58 bits per heavy atom. The van der Waals surface area contributed by atoms with Gasteiger partial charge in [-0.1, -0.05) is 11.6 Å². The predicted octanol–water partition coefficient (Wildman–Crippen LogP) is 3.73. The number of aromatic amines is 1. The van der Waals surface area contributed by atoms with Gasteiger partial charge in [-0.25, -0.2) is 17.2 Å². The molecular weight excluding hydrogens is 476 g/mol. The maximum absolute atomic E-state index is 13.0. The van der Waals surface area contributed by atoms with Gasteiger partial charge in [-0.15, -0.1) is 0 Å². The van der Waals surface area contributed by atoms with Gasteiger partial charge in [0, 0.05) is 34.7 Å². The Balaban J connectivity index is 1.39. The Morgan fingerprint density at radius 2 is 1.94 bits per heavy atom. The van der Waals surface area contributed by atoms with Gasteiger partial charge < -0.3 is 15.2 Å². The number of hydrogen-bond acceptors (Lipinski definition) is 5. The Morgan fingerprint density at radius 1 is 1.21 bits per heavy atom. The highest BCUT2D eigenvalue weighted by Gasteiger charge is 2.43. The summed E-state index contributed by atoms with van der Waals surface area (Å²) in [7, 11) is -3.50. The second kappa shape index (κ2) is 8.64. The van der Waals surface area contributed by atoms with Gasteiger partial charge in [0.05, 0.1) is 42.5 Å². The number of amides is 1. The summed E-state index contributed by atoms with van der Waals surface area (Å²) in [6.07, 6.45) is 4.53. The summed E-state index contributed by atoms with van der Waals surface area (Å²) in [5.74, 6) is -3.05. The lowest BCUT2D eigenvalue weighted by molar-refractivity contribution is -0.0262. The van der Waals surface area contributed by atoms with Crippen molar-refractivity contribution in [2.45, 2.75) is 12.3 Å². The maximum Gasteiger partial charge on any atom is 0.282 e. The third-order valence-electron chi connectivity index (χ3n) is 4.85. The van der Waals surface area contributed by atoms with E-state index in [1.165, 1.54) is 18.2 Å². The second-order valence-electron chi connectivity index (χ2n) is 7.87. The first-order chi connectivity index (χ1) is 15.5. The number of pyridine rings is 1. The van der Waals surface area contributed by atoms with Crippen molar-refractivity contribution in [1.29, 1.82) is 0 Å². The highest BCUT2D eigenvalue weighted by atomic mass is 35.5. The molecule has 12 heteroatoms. The minimum absolute atomic E-state index is 0.228. The van der Waals surface area contributed by atoms with Crippen LogP contribution in [0.15, 0.2) is 48.8 Å². The van der Waals surface area contributed by atoms with Gasteiger partial charge in [0.25, 0.3) is 11.8 Å². The first-order valence-corrected chi connectivity index (χ1v) is 12.1. The number of benzene rings is 1. The fraction of sp³-hybridized carbons (Fsp3) is 0.238. The van der Waals surface area contributed by atoms with Crippen LogP contribution in [-0.2, 0) is 16.4 Å². The molecule has 33 heavy (non-hydrogen) atoms. The van der Waals surface area contributed by atoms with Crippen LogP contribution in [0.25, 0.3) is 0 Å². The molecule has 1 aliphatic rings. The third kappa shape index (κ3) is 5.99. The summed E-state index contributed by atoms with van der Waals surface area (Å²) in [6, 6.07) is 9.56. The number of sulfonamides is 1. The molecule has 1 amide bonds. The highest BCUT2D eigenvalue weighted by molar-refractivity contribution is 7.92. The van der Waals surface area contributed by atoms with E-state index in [2.05, 4.69) is 20.0 Å². The summed E-state index contributed by atoms with van der Waals surface area (Å²) in [4.78, 5) is 21.5. The summed E-state index contributed by atoms with van der Waals surface area (Å²) in [6.45, 7) is -0.608. The minimum Gasteiger partial charge on any atom is -0.364 e. The Hall–Kier alpha value is -3.18. The number of aromatic nitrogens is 2. The predicted molar refractivity (Wildman–Crippen MR) is 123 cm³/mol. The average molecular weight is 496 g/mol. The summed E-state index contributed by atoms with van der Waals surface area (Å²) >= 11 is 6.02. The average Bonchev–Trinajstić information content (AvgIpc) is 3.13. The van der Waals surface area contributed by atoms with Gasteiger partial charge in [-0.05, 0) is 36.4 Å². The van der Waals surface area contributed by atoms with Crippen molar-refractivity contribution in [3.8, 4) is 0 Å². The molecule has 0 unspecified atom stereocenters. The van der Waals surface area contributed by atoms with Crippen molar-refractivity contribution in [3.05, 3.63) is 70.8 Å². The molecular formula is C21H20ClF2N5O3S. The number of nitrogens with zero attached hydrogens (tertiary/aromatic N) is 2. The molecule has 8 nitrogen and oxygen atoms in total. The minimum atomic E-state index is -3.50. The van der Waals surface area contributed by atoms with Crippen LogP contribution in [0.3, 0.4) is 0 Å². The smallest absolute Gasteiger partial charge is 0.282 e. The zero-order valence-corrected chi connectivity index (χ0v) is 19.0. The van der Waals surface area contributed by atoms with Crippen LogP contribution < -0.4 is 14.9 Å². The summed E-state index contributed by atoms with van der Waals surface area (Å²) < 4.78 is 51.2. The highest BCUT2D eigenvalue weighted by Crippen LogP contribution is 2.31. The molecule has 1 saturated heterocycles. The number of rotatable bonds is 7. The van der Waals surface area contributed by atoms with Gasteiger partial charge in [0.1, 0.15) is 0 Å². The molecule has 2 aromatic heterocycles. The fourth-order valence-electron chi connectivity index (χ4n) is 3.41. The van der Waals surface area contributed by atoms with Crippen LogP contribution in [0.1, 0.15) is 21.7 Å². The zero-order chi connectivity index (χ0) is 23.8. The molecule has 0 aliphatic carbocycles. The molecule has 3 heterocycles. The fourth-order valence-corrected chi connectivity index (χ4v) is 4.19. The molecule has 3 N–H and O–H groups in total. The number of carbonyl (C=O) groups is 1. The normalized spacial score (nSPS) is 15.1. The first kappa shape index (κ1) is 23.0. The maximum atomic E-state index is 13.0. The number of H-pyrrole nitrogens is 1. The molecule has 0 atom stereocenters. The van der Waals surface area contributed by atoms with Crippen molar-refractivity contribution in [1.82, 2.24) is 9.97 Å². The lowest BCUT2D eigenvalue weighted by atomic mass is 10.1. The molecule has 1 aromatic carbocycles. The van der Waals surface area contributed by atoms with Gasteiger partial charge in [-0.2, -0.15) is 0 Å². The van der Waals surface area contributed by atoms with E-state index in [0.29, 0.717) is 29.1 Å². The van der Waals surface area contributed by atoms with E-state index < -0.39 is 21.9 Å². The molecule has 1 fully saturated rings.